The minimum atomic E-state index is 0.0776. The van der Waals surface area contributed by atoms with E-state index in [1.807, 2.05) is 0 Å². The number of carbonyl (C=O) groups excluding carboxylic acids is 1. The Morgan fingerprint density at radius 1 is 1.55 bits per heavy atom. The summed E-state index contributed by atoms with van der Waals surface area (Å²) in [4.78, 5) is 10.7. The smallest absolute Gasteiger partial charge is 0.230 e. The molecule has 0 saturated carbocycles. The molecule has 3 heteroatoms. The van der Waals surface area contributed by atoms with Gasteiger partial charge in [-0.3, -0.25) is 4.79 Å². The molecule has 0 spiro atoms. The molecule has 0 aliphatic carbocycles. The lowest BCUT2D eigenvalue weighted by Gasteiger charge is -2.04. The minimum absolute atomic E-state index is 0.0776. The molecule has 2 nitrogen and oxygen atoms in total. The first-order chi connectivity index (χ1) is 5.16. The Hall–Kier alpha value is -0.0500. The molecule has 0 rings (SSSR count). The van der Waals surface area contributed by atoms with Gasteiger partial charge < -0.3 is 5.32 Å². The summed E-state index contributed by atoms with van der Waals surface area (Å²) in [7, 11) is 0. The van der Waals surface area contributed by atoms with E-state index in [2.05, 4.69) is 35.1 Å². The highest BCUT2D eigenvalue weighted by Gasteiger charge is 1.97. The number of amides is 1. The van der Waals surface area contributed by atoms with E-state index in [1.165, 1.54) is 6.42 Å². The molecule has 0 bridgehead atoms. The van der Waals surface area contributed by atoms with Crippen LogP contribution in [0.2, 0.25) is 0 Å². The second kappa shape index (κ2) is 6.65. The lowest BCUT2D eigenvalue weighted by molar-refractivity contribution is -0.118. The third kappa shape index (κ3) is 7.85. The maximum atomic E-state index is 10.7. The van der Waals surface area contributed by atoms with Gasteiger partial charge in [0.15, 0.2) is 0 Å². The van der Waals surface area contributed by atoms with Crippen LogP contribution in [0.25, 0.3) is 0 Å². The summed E-state index contributed by atoms with van der Waals surface area (Å²) in [5, 5.41) is 3.21. The van der Waals surface area contributed by atoms with Gasteiger partial charge in [-0.05, 0) is 18.8 Å². The largest absolute Gasteiger partial charge is 0.355 e. The average Bonchev–Trinajstić information content (AvgIpc) is 1.97. The molecule has 1 N–H and O–H groups in total. The van der Waals surface area contributed by atoms with Crippen molar-refractivity contribution in [2.45, 2.75) is 26.7 Å². The number of alkyl halides is 1. The summed E-state index contributed by atoms with van der Waals surface area (Å²) < 4.78 is 0. The highest BCUT2D eigenvalue weighted by molar-refractivity contribution is 9.09. The number of halogens is 1. The molecule has 0 atom stereocenters. The monoisotopic (exact) mass is 221 g/mol. The SMILES string of the molecule is CC(C)CCCNC(=O)CBr. The first-order valence-electron chi connectivity index (χ1n) is 3.99. The Morgan fingerprint density at radius 2 is 2.18 bits per heavy atom. The number of hydrogen-bond donors (Lipinski definition) is 1. The van der Waals surface area contributed by atoms with E-state index < -0.39 is 0 Å². The predicted molar refractivity (Wildman–Crippen MR) is 50.9 cm³/mol. The van der Waals surface area contributed by atoms with E-state index in [0.29, 0.717) is 5.33 Å². The van der Waals surface area contributed by atoms with Crippen molar-refractivity contribution in [3.05, 3.63) is 0 Å². The minimum Gasteiger partial charge on any atom is -0.355 e. The zero-order valence-electron chi connectivity index (χ0n) is 7.19. The van der Waals surface area contributed by atoms with E-state index in [4.69, 9.17) is 0 Å². The molecule has 0 aromatic rings. The predicted octanol–water partition coefficient (Wildman–Crippen LogP) is 1.93. The molecule has 0 aliphatic rings. The van der Waals surface area contributed by atoms with Gasteiger partial charge in [-0.15, -0.1) is 0 Å². The van der Waals surface area contributed by atoms with Gasteiger partial charge in [-0.1, -0.05) is 29.8 Å². The second-order valence-corrected chi connectivity index (χ2v) is 3.58. The zero-order valence-corrected chi connectivity index (χ0v) is 8.78. The highest BCUT2D eigenvalue weighted by atomic mass is 79.9. The van der Waals surface area contributed by atoms with Gasteiger partial charge in [-0.25, -0.2) is 0 Å². The van der Waals surface area contributed by atoms with E-state index in [1.54, 1.807) is 0 Å². The first kappa shape index (κ1) is 11.0. The molecule has 0 aromatic carbocycles. The third-order valence-corrected chi connectivity index (χ3v) is 1.91. The van der Waals surface area contributed by atoms with Crippen molar-refractivity contribution >= 4 is 21.8 Å². The second-order valence-electron chi connectivity index (χ2n) is 3.02. The van der Waals surface area contributed by atoms with Crippen molar-refractivity contribution in [1.29, 1.82) is 0 Å². The van der Waals surface area contributed by atoms with E-state index in [0.717, 1.165) is 18.9 Å². The maximum Gasteiger partial charge on any atom is 0.230 e. The summed E-state index contributed by atoms with van der Waals surface area (Å²) in [6.07, 6.45) is 2.26. The normalized spacial score (nSPS) is 10.2. The molecule has 66 valence electrons. The van der Waals surface area contributed by atoms with Gasteiger partial charge in [0.1, 0.15) is 0 Å². The van der Waals surface area contributed by atoms with Crippen molar-refractivity contribution < 1.29 is 4.79 Å². The van der Waals surface area contributed by atoms with Crippen LogP contribution in [-0.2, 0) is 4.79 Å². The molecule has 0 aliphatic heterocycles. The van der Waals surface area contributed by atoms with Crippen molar-refractivity contribution in [3.63, 3.8) is 0 Å². The van der Waals surface area contributed by atoms with Crippen molar-refractivity contribution in [3.8, 4) is 0 Å². The highest BCUT2D eigenvalue weighted by Crippen LogP contribution is 2.01. The molecule has 0 aromatic heterocycles. The van der Waals surface area contributed by atoms with Gasteiger partial charge in [0, 0.05) is 6.54 Å². The van der Waals surface area contributed by atoms with Crippen molar-refractivity contribution in [1.82, 2.24) is 5.32 Å². The van der Waals surface area contributed by atoms with E-state index in [9.17, 15) is 4.79 Å². The number of nitrogens with one attached hydrogen (secondary N) is 1. The van der Waals surface area contributed by atoms with Crippen LogP contribution in [0, 0.1) is 5.92 Å². The van der Waals surface area contributed by atoms with Crippen LogP contribution >= 0.6 is 15.9 Å². The fourth-order valence-corrected chi connectivity index (χ4v) is 0.984. The molecule has 0 saturated heterocycles. The molecule has 11 heavy (non-hydrogen) atoms. The topological polar surface area (TPSA) is 29.1 Å². The van der Waals surface area contributed by atoms with Crippen LogP contribution in [0.5, 0.6) is 0 Å². The Morgan fingerprint density at radius 3 is 2.64 bits per heavy atom. The van der Waals surface area contributed by atoms with Gasteiger partial charge in [0.05, 0.1) is 5.33 Å². The quantitative estimate of drug-likeness (QED) is 0.559. The van der Waals surface area contributed by atoms with Crippen molar-refractivity contribution in [2.75, 3.05) is 11.9 Å². The molecule has 0 heterocycles. The Labute approximate surface area is 76.9 Å². The van der Waals surface area contributed by atoms with E-state index >= 15 is 0 Å². The van der Waals surface area contributed by atoms with Crippen LogP contribution in [0.1, 0.15) is 26.7 Å². The maximum absolute atomic E-state index is 10.7. The van der Waals surface area contributed by atoms with Crippen LogP contribution in [-0.4, -0.2) is 17.8 Å². The van der Waals surface area contributed by atoms with Crippen LogP contribution in [0.3, 0.4) is 0 Å². The Balaban J connectivity index is 3.08. The van der Waals surface area contributed by atoms with Gasteiger partial charge in [0.2, 0.25) is 5.91 Å². The standard InChI is InChI=1S/C8H16BrNO/c1-7(2)4-3-5-10-8(11)6-9/h7H,3-6H2,1-2H3,(H,10,11). The Kier molecular flexibility index (Phi) is 6.62. The number of hydrogen-bond acceptors (Lipinski definition) is 1. The molecular weight excluding hydrogens is 206 g/mol. The first-order valence-corrected chi connectivity index (χ1v) is 5.11. The lowest BCUT2D eigenvalue weighted by atomic mass is 10.1. The average molecular weight is 222 g/mol. The lowest BCUT2D eigenvalue weighted by Crippen LogP contribution is -2.25. The number of carbonyl (C=O) groups is 1. The Bertz CT molecular complexity index is 115. The van der Waals surface area contributed by atoms with Gasteiger partial charge in [0.25, 0.3) is 0 Å². The fraction of sp³-hybridized carbons (Fsp3) is 0.875. The molecule has 0 unspecified atom stereocenters. The zero-order chi connectivity index (χ0) is 8.69. The van der Waals surface area contributed by atoms with Crippen LogP contribution < -0.4 is 5.32 Å². The van der Waals surface area contributed by atoms with E-state index in [-0.39, 0.29) is 5.91 Å². The summed E-state index contributed by atoms with van der Waals surface area (Å²) in [6.45, 7) is 5.18. The summed E-state index contributed by atoms with van der Waals surface area (Å²) in [5.41, 5.74) is 0. The molecule has 0 radical (unpaired) electrons. The summed E-state index contributed by atoms with van der Waals surface area (Å²) in [6, 6.07) is 0. The van der Waals surface area contributed by atoms with Gasteiger partial charge in [-0.2, -0.15) is 0 Å². The fourth-order valence-electron chi connectivity index (χ4n) is 0.785. The van der Waals surface area contributed by atoms with Gasteiger partial charge >= 0.3 is 0 Å². The molecule has 0 fully saturated rings. The van der Waals surface area contributed by atoms with Crippen molar-refractivity contribution in [2.24, 2.45) is 5.92 Å². The number of rotatable bonds is 5. The van der Waals surface area contributed by atoms with Crippen LogP contribution in [0.4, 0.5) is 0 Å². The van der Waals surface area contributed by atoms with Crippen LogP contribution in [0.15, 0.2) is 0 Å². The molecule has 1 amide bonds. The third-order valence-electron chi connectivity index (χ3n) is 1.40. The summed E-state index contributed by atoms with van der Waals surface area (Å²) in [5.74, 6) is 0.810. The summed E-state index contributed by atoms with van der Waals surface area (Å²) >= 11 is 3.08. The molecular formula is C8H16BrNO.